The summed E-state index contributed by atoms with van der Waals surface area (Å²) in [6.07, 6.45) is 0. The molecule has 2 rings (SSSR count). The molecule has 0 amide bonds. The maximum atomic E-state index is 9.01. The van der Waals surface area contributed by atoms with Gasteiger partial charge in [0.1, 0.15) is 18.1 Å². The summed E-state index contributed by atoms with van der Waals surface area (Å²) in [6.45, 7) is 2.97. The molecule has 0 atom stereocenters. The summed E-state index contributed by atoms with van der Waals surface area (Å²) in [4.78, 5) is 0. The molecular weight excluding hydrogens is 255 g/mol. The van der Waals surface area contributed by atoms with Gasteiger partial charge in [-0.1, -0.05) is 30.3 Å². The first-order valence-corrected chi connectivity index (χ1v) is 6.49. The Morgan fingerprint density at radius 3 is 2.20 bits per heavy atom. The molecule has 0 saturated heterocycles. The number of benzene rings is 2. The van der Waals surface area contributed by atoms with Gasteiger partial charge in [-0.25, -0.2) is 0 Å². The Hall–Kier alpha value is -1.98. The van der Waals surface area contributed by atoms with E-state index in [-0.39, 0.29) is 0 Å². The van der Waals surface area contributed by atoms with Crippen molar-refractivity contribution < 1.29 is 19.5 Å². The molecule has 104 valence electrons. The van der Waals surface area contributed by atoms with Crippen LogP contribution in [0.3, 0.4) is 0 Å². The van der Waals surface area contributed by atoms with Crippen molar-refractivity contribution in [3.8, 4) is 11.5 Å². The minimum absolute atomic E-state index is 0.414. The van der Waals surface area contributed by atoms with Gasteiger partial charge in [-0.15, -0.1) is 0 Å². The molecular formula is C15H17BO4. The molecule has 0 unspecified atom stereocenters. The summed E-state index contributed by atoms with van der Waals surface area (Å²) >= 11 is 0. The van der Waals surface area contributed by atoms with Crippen LogP contribution in [-0.2, 0) is 6.61 Å². The van der Waals surface area contributed by atoms with E-state index in [2.05, 4.69) is 0 Å². The molecule has 0 spiro atoms. The van der Waals surface area contributed by atoms with Crippen LogP contribution >= 0.6 is 0 Å². The lowest BCUT2D eigenvalue weighted by Crippen LogP contribution is -2.29. The highest BCUT2D eigenvalue weighted by Gasteiger charge is 2.09. The third-order valence-corrected chi connectivity index (χ3v) is 2.80. The van der Waals surface area contributed by atoms with Gasteiger partial charge in [-0.3, -0.25) is 0 Å². The van der Waals surface area contributed by atoms with Crippen LogP contribution in [0.15, 0.2) is 48.5 Å². The number of hydrogen-bond acceptors (Lipinski definition) is 4. The average molecular weight is 272 g/mol. The molecule has 0 saturated carbocycles. The van der Waals surface area contributed by atoms with Crippen molar-refractivity contribution in [3.05, 3.63) is 54.1 Å². The fourth-order valence-electron chi connectivity index (χ4n) is 1.77. The SMILES string of the molecule is CCOc1cccc(OCc2ccc(B(O)O)cc2)c1. The first kappa shape index (κ1) is 14.4. The van der Waals surface area contributed by atoms with Crippen molar-refractivity contribution in [2.45, 2.75) is 13.5 Å². The zero-order chi connectivity index (χ0) is 14.4. The van der Waals surface area contributed by atoms with E-state index in [4.69, 9.17) is 19.5 Å². The van der Waals surface area contributed by atoms with Crippen LogP contribution in [0.2, 0.25) is 0 Å². The molecule has 2 aromatic carbocycles. The zero-order valence-electron chi connectivity index (χ0n) is 11.3. The lowest BCUT2D eigenvalue weighted by atomic mass is 9.80. The summed E-state index contributed by atoms with van der Waals surface area (Å²) in [5.41, 5.74) is 1.42. The van der Waals surface area contributed by atoms with Crippen LogP contribution in [0.1, 0.15) is 12.5 Å². The van der Waals surface area contributed by atoms with Gasteiger partial charge in [0.15, 0.2) is 0 Å². The van der Waals surface area contributed by atoms with Gasteiger partial charge >= 0.3 is 7.12 Å². The van der Waals surface area contributed by atoms with Gasteiger partial charge in [0.05, 0.1) is 6.61 Å². The lowest BCUT2D eigenvalue weighted by Gasteiger charge is -2.09. The van der Waals surface area contributed by atoms with Crippen molar-refractivity contribution in [2.24, 2.45) is 0 Å². The Bertz CT molecular complexity index is 540. The fraction of sp³-hybridized carbons (Fsp3) is 0.200. The van der Waals surface area contributed by atoms with E-state index in [9.17, 15) is 0 Å². The summed E-state index contributed by atoms with van der Waals surface area (Å²) in [5.74, 6) is 1.52. The summed E-state index contributed by atoms with van der Waals surface area (Å²) in [7, 11) is -1.44. The van der Waals surface area contributed by atoms with Crippen molar-refractivity contribution in [3.63, 3.8) is 0 Å². The predicted molar refractivity (Wildman–Crippen MR) is 78.2 cm³/mol. The molecule has 2 aromatic rings. The van der Waals surface area contributed by atoms with Crippen LogP contribution in [0.5, 0.6) is 11.5 Å². The van der Waals surface area contributed by atoms with Crippen LogP contribution in [0.25, 0.3) is 0 Å². The summed E-state index contributed by atoms with van der Waals surface area (Å²) in [5, 5.41) is 18.0. The van der Waals surface area contributed by atoms with E-state index in [0.717, 1.165) is 17.1 Å². The summed E-state index contributed by atoms with van der Waals surface area (Å²) < 4.78 is 11.1. The Kier molecular flexibility index (Phi) is 5.04. The van der Waals surface area contributed by atoms with Crippen molar-refractivity contribution in [1.29, 1.82) is 0 Å². The Morgan fingerprint density at radius 2 is 1.60 bits per heavy atom. The molecule has 4 nitrogen and oxygen atoms in total. The number of hydrogen-bond donors (Lipinski definition) is 2. The Labute approximate surface area is 118 Å². The van der Waals surface area contributed by atoms with Gasteiger partial charge in [-0.2, -0.15) is 0 Å². The van der Waals surface area contributed by atoms with E-state index in [0.29, 0.717) is 18.7 Å². The van der Waals surface area contributed by atoms with Crippen LogP contribution in [-0.4, -0.2) is 23.8 Å². The third kappa shape index (κ3) is 4.01. The standard InChI is InChI=1S/C15H17BO4/c1-2-19-14-4-3-5-15(10-14)20-11-12-6-8-13(9-7-12)16(17)18/h3-10,17-18H,2,11H2,1H3. The van der Waals surface area contributed by atoms with E-state index in [1.54, 1.807) is 24.3 Å². The minimum atomic E-state index is -1.44. The number of rotatable bonds is 6. The van der Waals surface area contributed by atoms with E-state index in [1.165, 1.54) is 0 Å². The largest absolute Gasteiger partial charge is 0.494 e. The highest BCUT2D eigenvalue weighted by molar-refractivity contribution is 6.58. The second-order valence-corrected chi connectivity index (χ2v) is 4.31. The molecule has 0 bridgehead atoms. The highest BCUT2D eigenvalue weighted by atomic mass is 16.5. The van der Waals surface area contributed by atoms with Crippen LogP contribution in [0.4, 0.5) is 0 Å². The molecule has 5 heteroatoms. The van der Waals surface area contributed by atoms with Gasteiger partial charge < -0.3 is 19.5 Å². The van der Waals surface area contributed by atoms with Crippen LogP contribution in [0, 0.1) is 0 Å². The van der Waals surface area contributed by atoms with E-state index >= 15 is 0 Å². The molecule has 0 heterocycles. The van der Waals surface area contributed by atoms with Gasteiger partial charge in [-0.05, 0) is 30.1 Å². The van der Waals surface area contributed by atoms with Crippen LogP contribution < -0.4 is 14.9 Å². The maximum Gasteiger partial charge on any atom is 0.488 e. The zero-order valence-corrected chi connectivity index (χ0v) is 11.3. The molecule has 0 radical (unpaired) electrons. The van der Waals surface area contributed by atoms with E-state index < -0.39 is 7.12 Å². The van der Waals surface area contributed by atoms with Gasteiger partial charge in [0.25, 0.3) is 0 Å². The Balaban J connectivity index is 1.96. The molecule has 0 aromatic heterocycles. The maximum absolute atomic E-state index is 9.01. The molecule has 0 fully saturated rings. The highest BCUT2D eigenvalue weighted by Crippen LogP contribution is 2.20. The fourth-order valence-corrected chi connectivity index (χ4v) is 1.77. The topological polar surface area (TPSA) is 58.9 Å². The smallest absolute Gasteiger partial charge is 0.488 e. The minimum Gasteiger partial charge on any atom is -0.494 e. The van der Waals surface area contributed by atoms with Gasteiger partial charge in [0, 0.05) is 6.07 Å². The summed E-state index contributed by atoms with van der Waals surface area (Å²) in [6, 6.07) is 14.4. The molecule has 20 heavy (non-hydrogen) atoms. The first-order valence-electron chi connectivity index (χ1n) is 6.49. The van der Waals surface area contributed by atoms with E-state index in [1.807, 2.05) is 31.2 Å². The Morgan fingerprint density at radius 1 is 0.950 bits per heavy atom. The first-order chi connectivity index (χ1) is 9.69. The number of ether oxygens (including phenoxy) is 2. The van der Waals surface area contributed by atoms with Crippen molar-refractivity contribution in [1.82, 2.24) is 0 Å². The predicted octanol–water partition coefficient (Wildman–Crippen LogP) is 1.34. The average Bonchev–Trinajstić information content (AvgIpc) is 2.46. The molecule has 2 N–H and O–H groups in total. The molecule has 0 aliphatic carbocycles. The van der Waals surface area contributed by atoms with Crippen molar-refractivity contribution in [2.75, 3.05) is 6.61 Å². The third-order valence-electron chi connectivity index (χ3n) is 2.80. The second-order valence-electron chi connectivity index (χ2n) is 4.31. The second kappa shape index (κ2) is 6.98. The van der Waals surface area contributed by atoms with Gasteiger partial charge in [0.2, 0.25) is 0 Å². The quantitative estimate of drug-likeness (QED) is 0.779. The monoisotopic (exact) mass is 272 g/mol. The van der Waals surface area contributed by atoms with Crippen molar-refractivity contribution >= 4 is 12.6 Å². The molecule has 0 aliphatic heterocycles. The normalized spacial score (nSPS) is 10.2. The molecule has 0 aliphatic rings. The lowest BCUT2D eigenvalue weighted by molar-refractivity contribution is 0.299.